The molecule has 0 aliphatic carbocycles. The molecule has 0 spiro atoms. The van der Waals surface area contributed by atoms with Crippen molar-refractivity contribution in [3.63, 3.8) is 0 Å². The second kappa shape index (κ2) is 2.60. The van der Waals surface area contributed by atoms with Crippen LogP contribution in [0.2, 0.25) is 0 Å². The Bertz CT molecular complexity index is 406. The zero-order chi connectivity index (χ0) is 8.55. The monoisotopic (exact) mass is 163 g/mol. The Kier molecular flexibility index (Phi) is 1.59. The van der Waals surface area contributed by atoms with Crippen molar-refractivity contribution in [2.45, 2.75) is 6.61 Å². The molecule has 0 atom stereocenters. The summed E-state index contributed by atoms with van der Waals surface area (Å²) in [7, 11) is 1.93. The minimum Gasteiger partial charge on any atom is -0.384 e. The predicted octanol–water partition coefficient (Wildman–Crippen LogP) is 0.485. The smallest absolute Gasteiger partial charge is 0.281 e. The van der Waals surface area contributed by atoms with Crippen LogP contribution in [0.25, 0.3) is 11.0 Å². The number of nitrogens with one attached hydrogen (secondary N) is 1. The third kappa shape index (κ3) is 0.905. The SMILES string of the molecule is C[n+]1c(CO)[nH]c2ccccc21. The molecule has 0 aliphatic heterocycles. The fraction of sp³-hybridized carbons (Fsp3) is 0.222. The van der Waals surface area contributed by atoms with Gasteiger partial charge in [-0.2, -0.15) is 0 Å². The Hall–Kier alpha value is -1.35. The molecule has 0 bridgehead atoms. The number of imidazole rings is 1. The maximum Gasteiger partial charge on any atom is 0.281 e. The first-order valence-electron chi connectivity index (χ1n) is 3.89. The van der Waals surface area contributed by atoms with Crippen LogP contribution in [-0.4, -0.2) is 10.1 Å². The standard InChI is InChI=1S/C9H10N2O/c1-11-8-5-3-2-4-7(8)10-9(11)6-12/h2-5,12H,6H2,1H3/p+1. The van der Waals surface area contributed by atoms with Gasteiger partial charge in [0, 0.05) is 0 Å². The number of aromatic amines is 1. The minimum absolute atomic E-state index is 0.0468. The van der Waals surface area contributed by atoms with Crippen LogP contribution in [-0.2, 0) is 13.7 Å². The summed E-state index contributed by atoms with van der Waals surface area (Å²) in [6.45, 7) is 0.0468. The molecule has 62 valence electrons. The number of aryl methyl sites for hydroxylation is 1. The van der Waals surface area contributed by atoms with E-state index in [-0.39, 0.29) is 6.61 Å². The van der Waals surface area contributed by atoms with E-state index in [2.05, 4.69) is 4.98 Å². The van der Waals surface area contributed by atoms with E-state index >= 15 is 0 Å². The van der Waals surface area contributed by atoms with E-state index in [1.807, 2.05) is 35.9 Å². The van der Waals surface area contributed by atoms with Crippen LogP contribution in [0.4, 0.5) is 0 Å². The van der Waals surface area contributed by atoms with Gasteiger partial charge in [-0.3, -0.25) is 0 Å². The van der Waals surface area contributed by atoms with E-state index in [0.29, 0.717) is 0 Å². The molecular weight excluding hydrogens is 152 g/mol. The molecule has 1 heterocycles. The number of aliphatic hydroxyl groups excluding tert-OH is 1. The maximum absolute atomic E-state index is 8.97. The fourth-order valence-corrected chi connectivity index (χ4v) is 1.40. The number of aromatic nitrogens is 2. The van der Waals surface area contributed by atoms with Gasteiger partial charge in [0.2, 0.25) is 0 Å². The van der Waals surface area contributed by atoms with E-state index < -0.39 is 0 Å². The molecule has 0 saturated heterocycles. The van der Waals surface area contributed by atoms with Crippen LogP contribution in [0.5, 0.6) is 0 Å². The van der Waals surface area contributed by atoms with E-state index in [4.69, 9.17) is 5.11 Å². The second-order valence-corrected chi connectivity index (χ2v) is 2.81. The summed E-state index contributed by atoms with van der Waals surface area (Å²) in [6.07, 6.45) is 0. The lowest BCUT2D eigenvalue weighted by molar-refractivity contribution is -0.654. The highest BCUT2D eigenvalue weighted by Gasteiger charge is 2.12. The summed E-state index contributed by atoms with van der Waals surface area (Å²) in [5, 5.41) is 8.97. The number of H-pyrrole nitrogens is 1. The summed E-state index contributed by atoms with van der Waals surface area (Å²) >= 11 is 0. The predicted molar refractivity (Wildman–Crippen MR) is 45.4 cm³/mol. The zero-order valence-corrected chi connectivity index (χ0v) is 6.91. The van der Waals surface area contributed by atoms with E-state index in [9.17, 15) is 0 Å². The molecule has 2 aromatic rings. The Morgan fingerprint density at radius 1 is 1.42 bits per heavy atom. The van der Waals surface area contributed by atoms with Crippen molar-refractivity contribution in [3.8, 4) is 0 Å². The zero-order valence-electron chi connectivity index (χ0n) is 6.91. The van der Waals surface area contributed by atoms with Crippen molar-refractivity contribution in [1.29, 1.82) is 0 Å². The molecular formula is C9H11N2O+. The number of benzene rings is 1. The maximum atomic E-state index is 8.97. The largest absolute Gasteiger partial charge is 0.384 e. The minimum atomic E-state index is 0.0468. The van der Waals surface area contributed by atoms with Gasteiger partial charge in [0.25, 0.3) is 5.82 Å². The summed E-state index contributed by atoms with van der Waals surface area (Å²) in [4.78, 5) is 3.13. The van der Waals surface area contributed by atoms with Gasteiger partial charge in [-0.05, 0) is 12.1 Å². The summed E-state index contributed by atoms with van der Waals surface area (Å²) in [5.74, 6) is 0.830. The van der Waals surface area contributed by atoms with E-state index in [1.165, 1.54) is 0 Å². The molecule has 1 aromatic heterocycles. The second-order valence-electron chi connectivity index (χ2n) is 2.81. The van der Waals surface area contributed by atoms with Gasteiger partial charge in [-0.25, -0.2) is 9.55 Å². The van der Waals surface area contributed by atoms with Crippen LogP contribution in [0.1, 0.15) is 5.82 Å². The number of hydrogen-bond donors (Lipinski definition) is 2. The van der Waals surface area contributed by atoms with Crippen LogP contribution in [0.3, 0.4) is 0 Å². The van der Waals surface area contributed by atoms with Crippen LogP contribution in [0.15, 0.2) is 24.3 Å². The molecule has 2 N–H and O–H groups in total. The van der Waals surface area contributed by atoms with Crippen LogP contribution in [0, 0.1) is 0 Å². The normalized spacial score (nSPS) is 10.8. The van der Waals surface area contributed by atoms with Gasteiger partial charge in [-0.1, -0.05) is 12.1 Å². The summed E-state index contributed by atoms with van der Waals surface area (Å²) in [5.41, 5.74) is 2.17. The van der Waals surface area contributed by atoms with Crippen molar-refractivity contribution in [1.82, 2.24) is 4.98 Å². The molecule has 0 unspecified atom stereocenters. The van der Waals surface area contributed by atoms with Crippen LogP contribution >= 0.6 is 0 Å². The quantitative estimate of drug-likeness (QED) is 0.590. The number of nitrogens with zero attached hydrogens (tertiary/aromatic N) is 1. The molecule has 0 aliphatic rings. The summed E-state index contributed by atoms with van der Waals surface area (Å²) in [6, 6.07) is 7.97. The van der Waals surface area contributed by atoms with Gasteiger partial charge in [0.1, 0.15) is 6.61 Å². The van der Waals surface area contributed by atoms with Crippen molar-refractivity contribution >= 4 is 11.0 Å². The number of rotatable bonds is 1. The lowest BCUT2D eigenvalue weighted by Crippen LogP contribution is -2.31. The molecule has 12 heavy (non-hydrogen) atoms. The Balaban J connectivity index is 2.78. The van der Waals surface area contributed by atoms with Crippen molar-refractivity contribution in [3.05, 3.63) is 30.1 Å². The molecule has 0 radical (unpaired) electrons. The van der Waals surface area contributed by atoms with Gasteiger partial charge < -0.3 is 5.11 Å². The lowest BCUT2D eigenvalue weighted by atomic mass is 10.3. The third-order valence-corrected chi connectivity index (χ3v) is 2.10. The topological polar surface area (TPSA) is 39.9 Å². The number of fused-ring (bicyclic) bond motifs is 1. The van der Waals surface area contributed by atoms with Gasteiger partial charge >= 0.3 is 0 Å². The van der Waals surface area contributed by atoms with Gasteiger partial charge in [-0.15, -0.1) is 0 Å². The average Bonchev–Trinajstić information content (AvgIpc) is 2.44. The molecule has 1 aromatic carbocycles. The van der Waals surface area contributed by atoms with E-state index in [0.717, 1.165) is 16.9 Å². The van der Waals surface area contributed by atoms with Crippen molar-refractivity contribution in [2.75, 3.05) is 0 Å². The highest BCUT2D eigenvalue weighted by atomic mass is 16.3. The Morgan fingerprint density at radius 3 is 2.83 bits per heavy atom. The lowest BCUT2D eigenvalue weighted by Gasteiger charge is -1.87. The number of aliphatic hydroxyl groups is 1. The first-order valence-corrected chi connectivity index (χ1v) is 3.89. The van der Waals surface area contributed by atoms with Gasteiger partial charge in [0.15, 0.2) is 11.0 Å². The molecule has 2 rings (SSSR count). The fourth-order valence-electron chi connectivity index (χ4n) is 1.40. The van der Waals surface area contributed by atoms with Gasteiger partial charge in [0.05, 0.1) is 7.05 Å². The number of hydrogen-bond acceptors (Lipinski definition) is 1. The van der Waals surface area contributed by atoms with E-state index in [1.54, 1.807) is 0 Å². The molecule has 3 nitrogen and oxygen atoms in total. The molecule has 0 saturated carbocycles. The highest BCUT2D eigenvalue weighted by molar-refractivity contribution is 5.70. The van der Waals surface area contributed by atoms with Crippen molar-refractivity contribution in [2.24, 2.45) is 7.05 Å². The summed E-state index contributed by atoms with van der Waals surface area (Å²) < 4.78 is 1.95. The van der Waals surface area contributed by atoms with Crippen LogP contribution < -0.4 is 4.57 Å². The highest BCUT2D eigenvalue weighted by Crippen LogP contribution is 2.07. The first-order chi connectivity index (χ1) is 5.83. The number of para-hydroxylation sites is 2. The Labute approximate surface area is 70.3 Å². The Morgan fingerprint density at radius 2 is 2.17 bits per heavy atom. The molecule has 0 fully saturated rings. The molecule has 0 amide bonds. The first kappa shape index (κ1) is 7.31. The molecule has 3 heteroatoms. The third-order valence-electron chi connectivity index (χ3n) is 2.10. The van der Waals surface area contributed by atoms with Crippen molar-refractivity contribution < 1.29 is 9.67 Å². The average molecular weight is 163 g/mol.